The number of esters is 1. The third kappa shape index (κ3) is 5.36. The van der Waals surface area contributed by atoms with Crippen LogP contribution in [0.4, 0.5) is 5.69 Å². The van der Waals surface area contributed by atoms with Crippen LogP contribution >= 0.6 is 35.0 Å². The quantitative estimate of drug-likeness (QED) is 0.181. The van der Waals surface area contributed by atoms with Crippen LogP contribution in [0.5, 0.6) is 0 Å². The standard InChI is InChI=1S/C29H23Cl2N3O3S/c1-3-37-28(36)19-9-11-21(12-10-19)32-29-33(2)27(35)26(38-29)15-20-17-34(25-7-5-4-6-22(20)25)16-18-8-13-23(30)24(31)14-18/h4-15,17H,3,16H2,1-2H3/b26-15-,32-29?. The summed E-state index contributed by atoms with van der Waals surface area (Å²) in [5.41, 5.74) is 4.10. The van der Waals surface area contributed by atoms with Gasteiger partial charge in [-0.05, 0) is 72.8 Å². The fourth-order valence-corrected chi connectivity index (χ4v) is 5.44. The Hall–Kier alpha value is -3.52. The first-order valence-corrected chi connectivity index (χ1v) is 13.5. The molecule has 192 valence electrons. The first-order valence-electron chi connectivity index (χ1n) is 11.9. The summed E-state index contributed by atoms with van der Waals surface area (Å²) in [6.45, 7) is 2.69. The van der Waals surface area contributed by atoms with Gasteiger partial charge in [0.05, 0.1) is 32.8 Å². The number of fused-ring (bicyclic) bond motifs is 1. The second-order valence-corrected chi connectivity index (χ2v) is 10.4. The summed E-state index contributed by atoms with van der Waals surface area (Å²) in [4.78, 5) is 31.7. The molecule has 0 atom stereocenters. The molecular weight excluding hydrogens is 541 g/mol. The zero-order chi connectivity index (χ0) is 26.8. The van der Waals surface area contributed by atoms with Crippen LogP contribution in [0.1, 0.15) is 28.4 Å². The van der Waals surface area contributed by atoms with Gasteiger partial charge in [0.15, 0.2) is 5.17 Å². The molecule has 0 radical (unpaired) electrons. The Bertz CT molecular complexity index is 1610. The summed E-state index contributed by atoms with van der Waals surface area (Å²) >= 11 is 13.6. The minimum absolute atomic E-state index is 0.127. The molecular formula is C29H23Cl2N3O3S. The highest BCUT2D eigenvalue weighted by Gasteiger charge is 2.30. The van der Waals surface area contributed by atoms with Gasteiger partial charge in [0.1, 0.15) is 0 Å². The van der Waals surface area contributed by atoms with Crippen molar-refractivity contribution >= 4 is 74.7 Å². The lowest BCUT2D eigenvalue weighted by Gasteiger charge is -2.07. The molecule has 1 aromatic heterocycles. The van der Waals surface area contributed by atoms with Gasteiger partial charge in [-0.1, -0.05) is 47.5 Å². The topological polar surface area (TPSA) is 63.9 Å². The van der Waals surface area contributed by atoms with Gasteiger partial charge < -0.3 is 9.30 Å². The molecule has 0 N–H and O–H groups in total. The van der Waals surface area contributed by atoms with Crippen LogP contribution < -0.4 is 0 Å². The van der Waals surface area contributed by atoms with Crippen molar-refractivity contribution in [3.8, 4) is 0 Å². The zero-order valence-electron chi connectivity index (χ0n) is 20.7. The number of aromatic nitrogens is 1. The number of nitrogens with zero attached hydrogens (tertiary/aromatic N) is 3. The number of benzene rings is 3. The molecule has 1 amide bonds. The van der Waals surface area contributed by atoms with Crippen LogP contribution in [0.25, 0.3) is 17.0 Å². The number of halogens is 2. The van der Waals surface area contributed by atoms with E-state index in [1.165, 1.54) is 16.7 Å². The van der Waals surface area contributed by atoms with Gasteiger partial charge in [0.2, 0.25) is 0 Å². The molecule has 0 aliphatic carbocycles. The smallest absolute Gasteiger partial charge is 0.338 e. The van der Waals surface area contributed by atoms with E-state index in [2.05, 4.69) is 15.6 Å². The number of para-hydroxylation sites is 1. The molecule has 1 fully saturated rings. The zero-order valence-corrected chi connectivity index (χ0v) is 23.0. The number of ether oxygens (including phenoxy) is 1. The van der Waals surface area contributed by atoms with Crippen molar-refractivity contribution in [2.45, 2.75) is 13.5 Å². The minimum Gasteiger partial charge on any atom is -0.462 e. The van der Waals surface area contributed by atoms with Crippen LogP contribution in [0.15, 0.2) is 82.8 Å². The Kier molecular flexibility index (Phi) is 7.61. The summed E-state index contributed by atoms with van der Waals surface area (Å²) in [6.07, 6.45) is 3.95. The van der Waals surface area contributed by atoms with Crippen LogP contribution in [0.2, 0.25) is 10.0 Å². The van der Waals surface area contributed by atoms with E-state index >= 15 is 0 Å². The molecule has 1 saturated heterocycles. The maximum atomic E-state index is 13.1. The Morgan fingerprint density at radius 2 is 1.82 bits per heavy atom. The number of likely N-dealkylation sites (N-methyl/N-ethyl adjacent to an activating group) is 1. The molecule has 9 heteroatoms. The predicted molar refractivity (Wildman–Crippen MR) is 155 cm³/mol. The van der Waals surface area contributed by atoms with E-state index in [0.717, 1.165) is 22.0 Å². The maximum absolute atomic E-state index is 13.1. The number of carbonyl (C=O) groups excluding carboxylic acids is 2. The van der Waals surface area contributed by atoms with Gasteiger partial charge in [-0.15, -0.1) is 0 Å². The fraction of sp³-hybridized carbons (Fsp3) is 0.138. The summed E-state index contributed by atoms with van der Waals surface area (Å²) in [5.74, 6) is -0.504. The van der Waals surface area contributed by atoms with E-state index in [0.29, 0.717) is 44.5 Å². The third-order valence-electron chi connectivity index (χ3n) is 6.05. The Morgan fingerprint density at radius 3 is 2.55 bits per heavy atom. The van der Waals surface area contributed by atoms with Gasteiger partial charge in [0.25, 0.3) is 5.91 Å². The van der Waals surface area contributed by atoms with Crippen molar-refractivity contribution in [3.63, 3.8) is 0 Å². The normalized spacial score (nSPS) is 15.7. The summed E-state index contributed by atoms with van der Waals surface area (Å²) < 4.78 is 7.16. The second-order valence-electron chi connectivity index (χ2n) is 8.61. The van der Waals surface area contributed by atoms with Gasteiger partial charge >= 0.3 is 5.97 Å². The van der Waals surface area contributed by atoms with E-state index in [1.54, 1.807) is 44.3 Å². The number of thioether (sulfide) groups is 1. The lowest BCUT2D eigenvalue weighted by Crippen LogP contribution is -2.23. The van der Waals surface area contributed by atoms with E-state index in [9.17, 15) is 9.59 Å². The van der Waals surface area contributed by atoms with E-state index in [4.69, 9.17) is 27.9 Å². The van der Waals surface area contributed by atoms with Crippen molar-refractivity contribution < 1.29 is 14.3 Å². The van der Waals surface area contributed by atoms with E-state index in [-0.39, 0.29) is 11.9 Å². The van der Waals surface area contributed by atoms with Crippen LogP contribution in [0.3, 0.4) is 0 Å². The highest BCUT2D eigenvalue weighted by molar-refractivity contribution is 8.18. The number of amides is 1. The first-order chi connectivity index (χ1) is 18.3. The summed E-state index contributed by atoms with van der Waals surface area (Å²) in [5, 5.41) is 2.63. The molecule has 0 unspecified atom stereocenters. The molecule has 1 aliphatic rings. The molecule has 0 spiro atoms. The molecule has 6 nitrogen and oxygen atoms in total. The maximum Gasteiger partial charge on any atom is 0.338 e. The van der Waals surface area contributed by atoms with Gasteiger partial charge in [-0.25, -0.2) is 9.79 Å². The number of aliphatic imine (C=N–C) groups is 1. The van der Waals surface area contributed by atoms with Gasteiger partial charge in [-0.3, -0.25) is 9.69 Å². The summed E-state index contributed by atoms with van der Waals surface area (Å²) in [7, 11) is 1.70. The lowest BCUT2D eigenvalue weighted by atomic mass is 10.1. The average Bonchev–Trinajstić information content (AvgIpc) is 3.39. The van der Waals surface area contributed by atoms with E-state index < -0.39 is 0 Å². The van der Waals surface area contributed by atoms with E-state index in [1.807, 2.05) is 42.6 Å². The number of carbonyl (C=O) groups is 2. The Balaban J connectivity index is 1.43. The van der Waals surface area contributed by atoms with Crippen molar-refractivity contribution in [3.05, 3.63) is 105 Å². The van der Waals surface area contributed by atoms with Crippen molar-refractivity contribution in [1.82, 2.24) is 9.47 Å². The monoisotopic (exact) mass is 563 g/mol. The van der Waals surface area contributed by atoms with Gasteiger partial charge in [-0.2, -0.15) is 0 Å². The molecule has 0 bridgehead atoms. The minimum atomic E-state index is -0.377. The fourth-order valence-electron chi connectivity index (χ4n) is 4.15. The molecule has 3 aromatic carbocycles. The van der Waals surface area contributed by atoms with Crippen LogP contribution in [-0.4, -0.2) is 40.2 Å². The van der Waals surface area contributed by atoms with Crippen molar-refractivity contribution in [1.29, 1.82) is 0 Å². The number of amidine groups is 1. The number of hydrogen-bond acceptors (Lipinski definition) is 5. The molecule has 0 saturated carbocycles. The van der Waals surface area contributed by atoms with Crippen LogP contribution in [-0.2, 0) is 16.1 Å². The highest BCUT2D eigenvalue weighted by atomic mass is 35.5. The highest BCUT2D eigenvalue weighted by Crippen LogP contribution is 2.35. The first kappa shape index (κ1) is 26.1. The SMILES string of the molecule is CCOC(=O)c1ccc(N=C2S/C(=C\c3cn(Cc4ccc(Cl)c(Cl)c4)c4ccccc34)C(=O)N2C)cc1. The molecule has 4 aromatic rings. The largest absolute Gasteiger partial charge is 0.462 e. The van der Waals surface area contributed by atoms with Gasteiger partial charge in [0, 0.05) is 36.3 Å². The summed E-state index contributed by atoms with van der Waals surface area (Å²) in [6, 6.07) is 20.5. The van der Waals surface area contributed by atoms with Crippen LogP contribution in [0, 0.1) is 0 Å². The Labute approximate surface area is 234 Å². The molecule has 38 heavy (non-hydrogen) atoms. The molecule has 2 heterocycles. The second kappa shape index (κ2) is 11.1. The lowest BCUT2D eigenvalue weighted by molar-refractivity contribution is -0.121. The molecule has 1 aliphatic heterocycles. The number of hydrogen-bond donors (Lipinski definition) is 0. The number of rotatable bonds is 6. The average molecular weight is 564 g/mol. The predicted octanol–water partition coefficient (Wildman–Crippen LogP) is 7.41. The molecule has 5 rings (SSSR count). The Morgan fingerprint density at radius 1 is 1.05 bits per heavy atom. The van der Waals surface area contributed by atoms with Crippen molar-refractivity contribution in [2.75, 3.05) is 13.7 Å². The third-order valence-corrected chi connectivity index (χ3v) is 7.85. The van der Waals surface area contributed by atoms with Crippen molar-refractivity contribution in [2.24, 2.45) is 4.99 Å².